The van der Waals surface area contributed by atoms with Gasteiger partial charge in [-0.15, -0.1) is 0 Å². The van der Waals surface area contributed by atoms with E-state index in [1.54, 1.807) is 32.0 Å². The maximum absolute atomic E-state index is 13.1. The smallest absolute Gasteiger partial charge is 0.326 e. The molecule has 8 nitrogen and oxygen atoms in total. The molecule has 0 saturated heterocycles. The molecule has 0 spiro atoms. The first-order valence-electron chi connectivity index (χ1n) is 10.5. The van der Waals surface area contributed by atoms with Crippen molar-refractivity contribution >= 4 is 32.8 Å². The summed E-state index contributed by atoms with van der Waals surface area (Å²) in [7, 11) is -4.05. The lowest BCUT2D eigenvalue weighted by molar-refractivity contribution is -0.143. The van der Waals surface area contributed by atoms with Crippen LogP contribution in [0.2, 0.25) is 0 Å². The summed E-state index contributed by atoms with van der Waals surface area (Å²) in [5.41, 5.74) is 2.10. The highest BCUT2D eigenvalue weighted by atomic mass is 32.2. The Morgan fingerprint density at radius 1 is 1.00 bits per heavy atom. The molecule has 3 rings (SSSR count). The Hall–Kier alpha value is -3.30. The van der Waals surface area contributed by atoms with E-state index in [4.69, 9.17) is 0 Å². The number of aromatic nitrogens is 1. The third-order valence-corrected chi connectivity index (χ3v) is 6.73. The molecule has 0 radical (unpaired) electrons. The van der Waals surface area contributed by atoms with Crippen LogP contribution < -0.4 is 10.0 Å². The summed E-state index contributed by atoms with van der Waals surface area (Å²) < 4.78 is 28.4. The average molecular weight is 470 g/mol. The van der Waals surface area contributed by atoms with Crippen molar-refractivity contribution in [3.05, 3.63) is 71.9 Å². The second-order valence-electron chi connectivity index (χ2n) is 8.25. The molecule has 3 N–H and O–H groups in total. The molecule has 1 unspecified atom stereocenters. The number of para-hydroxylation sites is 1. The van der Waals surface area contributed by atoms with Crippen molar-refractivity contribution in [3.8, 4) is 0 Å². The Bertz CT molecular complexity index is 1260. The van der Waals surface area contributed by atoms with Crippen molar-refractivity contribution in [1.29, 1.82) is 0 Å². The third-order valence-electron chi connectivity index (χ3n) is 5.25. The molecular formula is C24H27N3O5S. The number of aryl methyl sites for hydroxylation is 1. The zero-order valence-electron chi connectivity index (χ0n) is 18.6. The van der Waals surface area contributed by atoms with Gasteiger partial charge in [0.15, 0.2) is 0 Å². The van der Waals surface area contributed by atoms with Crippen molar-refractivity contribution in [2.75, 3.05) is 0 Å². The van der Waals surface area contributed by atoms with Crippen LogP contribution in [0.3, 0.4) is 0 Å². The molecule has 0 bridgehead atoms. The van der Waals surface area contributed by atoms with Gasteiger partial charge in [0, 0.05) is 17.5 Å². The number of carboxylic acid groups (broad SMARTS) is 1. The molecule has 3 aromatic rings. The van der Waals surface area contributed by atoms with Crippen molar-refractivity contribution in [2.24, 2.45) is 5.92 Å². The molecule has 0 fully saturated rings. The molecule has 0 aliphatic rings. The van der Waals surface area contributed by atoms with Crippen LogP contribution >= 0.6 is 0 Å². The van der Waals surface area contributed by atoms with Gasteiger partial charge in [-0.2, -0.15) is 4.72 Å². The molecule has 174 valence electrons. The monoisotopic (exact) mass is 469 g/mol. The number of aliphatic carboxylic acids is 1. The summed E-state index contributed by atoms with van der Waals surface area (Å²) in [6.07, 6.45) is -0.0494. The predicted molar refractivity (Wildman–Crippen MR) is 125 cm³/mol. The van der Waals surface area contributed by atoms with Gasteiger partial charge in [0.05, 0.1) is 10.4 Å². The van der Waals surface area contributed by atoms with E-state index in [2.05, 4.69) is 15.0 Å². The third kappa shape index (κ3) is 6.15. The number of carbonyl (C=O) groups excluding carboxylic acids is 1. The standard InChI is InChI=1S/C24H27N3O5S/c1-15(2)22(24(29)30)26-23(28)21(27-33(31,32)19-12-8-16(3)9-13-19)14-18-11-10-17-6-4-5-7-20(17)25-18/h4-13,15,21-22,27H,14H2,1-3H3,(H,26,28)(H,29,30)/t21?,22-/m0/s1. The van der Waals surface area contributed by atoms with E-state index in [1.165, 1.54) is 12.1 Å². The minimum absolute atomic E-state index is 0.0102. The lowest BCUT2D eigenvalue weighted by Crippen LogP contribution is -2.53. The van der Waals surface area contributed by atoms with Gasteiger partial charge < -0.3 is 10.4 Å². The fourth-order valence-corrected chi connectivity index (χ4v) is 4.55. The predicted octanol–water partition coefficient (Wildman–Crippen LogP) is 2.66. The quantitative estimate of drug-likeness (QED) is 0.442. The Morgan fingerprint density at radius 2 is 1.67 bits per heavy atom. The van der Waals surface area contributed by atoms with Gasteiger partial charge in [0.2, 0.25) is 15.9 Å². The van der Waals surface area contributed by atoms with Crippen LogP contribution in [0.25, 0.3) is 10.9 Å². The van der Waals surface area contributed by atoms with Crippen LogP contribution in [0, 0.1) is 12.8 Å². The number of hydrogen-bond donors (Lipinski definition) is 3. The van der Waals surface area contributed by atoms with Crippen LogP contribution in [0.5, 0.6) is 0 Å². The van der Waals surface area contributed by atoms with Gasteiger partial charge in [-0.3, -0.25) is 9.78 Å². The summed E-state index contributed by atoms with van der Waals surface area (Å²) >= 11 is 0. The molecule has 1 aromatic heterocycles. The topological polar surface area (TPSA) is 125 Å². The van der Waals surface area contributed by atoms with E-state index in [-0.39, 0.29) is 17.2 Å². The average Bonchev–Trinajstić information content (AvgIpc) is 2.76. The van der Waals surface area contributed by atoms with Crippen molar-refractivity contribution < 1.29 is 23.1 Å². The second-order valence-corrected chi connectivity index (χ2v) is 9.97. The van der Waals surface area contributed by atoms with Gasteiger partial charge >= 0.3 is 5.97 Å². The Morgan fingerprint density at radius 3 is 2.30 bits per heavy atom. The van der Waals surface area contributed by atoms with E-state index in [0.29, 0.717) is 11.2 Å². The molecule has 2 aromatic carbocycles. The lowest BCUT2D eigenvalue weighted by Gasteiger charge is -2.23. The lowest BCUT2D eigenvalue weighted by atomic mass is 10.0. The van der Waals surface area contributed by atoms with E-state index >= 15 is 0 Å². The maximum atomic E-state index is 13.1. The van der Waals surface area contributed by atoms with E-state index in [9.17, 15) is 23.1 Å². The molecule has 2 atom stereocenters. The Labute approximate surface area is 193 Å². The van der Waals surface area contributed by atoms with Crippen LogP contribution in [-0.4, -0.2) is 42.5 Å². The van der Waals surface area contributed by atoms with Crippen molar-refractivity contribution in [2.45, 2.75) is 44.2 Å². The van der Waals surface area contributed by atoms with Crippen molar-refractivity contribution in [3.63, 3.8) is 0 Å². The van der Waals surface area contributed by atoms with Gasteiger partial charge in [0.1, 0.15) is 12.1 Å². The Balaban J connectivity index is 1.92. The molecule has 0 aliphatic carbocycles. The van der Waals surface area contributed by atoms with Crippen LogP contribution in [0.15, 0.2) is 65.6 Å². The molecule has 1 heterocycles. The van der Waals surface area contributed by atoms with Gasteiger partial charge in [-0.05, 0) is 37.1 Å². The van der Waals surface area contributed by atoms with Gasteiger partial charge in [-0.25, -0.2) is 13.2 Å². The number of hydrogen-bond acceptors (Lipinski definition) is 5. The van der Waals surface area contributed by atoms with Crippen molar-refractivity contribution in [1.82, 2.24) is 15.0 Å². The number of fused-ring (bicyclic) bond motifs is 1. The number of sulfonamides is 1. The molecule has 1 amide bonds. The first kappa shape index (κ1) is 24.3. The Kier molecular flexibility index (Phi) is 7.45. The minimum Gasteiger partial charge on any atom is -0.480 e. The highest BCUT2D eigenvalue weighted by Gasteiger charge is 2.31. The van der Waals surface area contributed by atoms with Gasteiger partial charge in [0.25, 0.3) is 0 Å². The molecule has 0 saturated carbocycles. The van der Waals surface area contributed by atoms with E-state index < -0.39 is 34.0 Å². The molecule has 9 heteroatoms. The summed E-state index contributed by atoms with van der Waals surface area (Å²) in [6, 6.07) is 14.8. The number of carboxylic acids is 1. The number of benzene rings is 2. The minimum atomic E-state index is -4.05. The van der Waals surface area contributed by atoms with Crippen LogP contribution in [-0.2, 0) is 26.0 Å². The largest absolute Gasteiger partial charge is 0.480 e. The highest BCUT2D eigenvalue weighted by Crippen LogP contribution is 2.15. The zero-order valence-corrected chi connectivity index (χ0v) is 19.5. The van der Waals surface area contributed by atoms with Gasteiger partial charge in [-0.1, -0.05) is 55.8 Å². The first-order valence-corrected chi connectivity index (χ1v) is 12.0. The SMILES string of the molecule is Cc1ccc(S(=O)(=O)NC(Cc2ccc3ccccc3n2)C(=O)N[C@H](C(=O)O)C(C)C)cc1. The summed E-state index contributed by atoms with van der Waals surface area (Å²) in [5.74, 6) is -2.32. The number of nitrogens with zero attached hydrogens (tertiary/aromatic N) is 1. The second kappa shape index (κ2) is 10.1. The number of nitrogens with one attached hydrogen (secondary N) is 2. The maximum Gasteiger partial charge on any atom is 0.326 e. The fraction of sp³-hybridized carbons (Fsp3) is 0.292. The van der Waals surface area contributed by atoms with Crippen LogP contribution in [0.1, 0.15) is 25.1 Å². The fourth-order valence-electron chi connectivity index (χ4n) is 3.36. The van der Waals surface area contributed by atoms with E-state index in [0.717, 1.165) is 10.9 Å². The first-order chi connectivity index (χ1) is 15.6. The normalized spacial score (nSPS) is 13.6. The summed E-state index contributed by atoms with van der Waals surface area (Å²) in [4.78, 5) is 29.2. The van der Waals surface area contributed by atoms with E-state index in [1.807, 2.05) is 37.3 Å². The molecular weight excluding hydrogens is 442 g/mol. The summed E-state index contributed by atoms with van der Waals surface area (Å²) in [5, 5.41) is 12.8. The zero-order chi connectivity index (χ0) is 24.2. The summed E-state index contributed by atoms with van der Waals surface area (Å²) in [6.45, 7) is 5.16. The van der Waals surface area contributed by atoms with Crippen LogP contribution in [0.4, 0.5) is 0 Å². The number of carbonyl (C=O) groups is 2. The number of amides is 1. The molecule has 33 heavy (non-hydrogen) atoms. The number of pyridine rings is 1. The number of rotatable bonds is 9. The highest BCUT2D eigenvalue weighted by molar-refractivity contribution is 7.89. The molecule has 0 aliphatic heterocycles.